The molecule has 1 aromatic heterocycles. The van der Waals surface area contributed by atoms with Crippen molar-refractivity contribution < 1.29 is 4.74 Å². The summed E-state index contributed by atoms with van der Waals surface area (Å²) >= 11 is 5.81. The van der Waals surface area contributed by atoms with Gasteiger partial charge < -0.3 is 10.5 Å². The number of nitrogens with two attached hydrogens (primary N) is 1. The summed E-state index contributed by atoms with van der Waals surface area (Å²) in [4.78, 5) is 11.6. The lowest BCUT2D eigenvalue weighted by Crippen LogP contribution is -2.23. The highest BCUT2D eigenvalue weighted by Gasteiger charge is 2.05. The predicted octanol–water partition coefficient (Wildman–Crippen LogP) is 1.54. The van der Waals surface area contributed by atoms with Gasteiger partial charge in [0.1, 0.15) is 0 Å². The van der Waals surface area contributed by atoms with Gasteiger partial charge in [-0.15, -0.1) is 5.10 Å². The maximum absolute atomic E-state index is 11.6. The molecule has 0 unspecified atom stereocenters. The van der Waals surface area contributed by atoms with Crippen LogP contribution in [0.2, 0.25) is 5.02 Å². The maximum Gasteiger partial charge on any atom is 0.267 e. The van der Waals surface area contributed by atoms with E-state index < -0.39 is 0 Å². The number of benzene rings is 1. The van der Waals surface area contributed by atoms with Gasteiger partial charge in [-0.3, -0.25) is 4.79 Å². The molecule has 6 heteroatoms. The third-order valence-electron chi connectivity index (χ3n) is 2.48. The number of nitrogens with zero attached hydrogens (tertiary/aromatic N) is 2. The summed E-state index contributed by atoms with van der Waals surface area (Å²) in [6.45, 7) is 0.277. The Morgan fingerprint density at radius 1 is 1.39 bits per heavy atom. The van der Waals surface area contributed by atoms with Crippen molar-refractivity contribution in [2.24, 2.45) is 0 Å². The lowest BCUT2D eigenvalue weighted by Gasteiger charge is -2.08. The first-order valence-corrected chi connectivity index (χ1v) is 5.64. The molecule has 94 valence electrons. The SMILES string of the molecule is COc1ccc(=O)n(Cc2ccc(Cl)cc2N)n1. The summed E-state index contributed by atoms with van der Waals surface area (Å²) in [7, 11) is 1.49. The Labute approximate surface area is 109 Å². The summed E-state index contributed by atoms with van der Waals surface area (Å²) < 4.78 is 6.26. The normalized spacial score (nSPS) is 10.3. The third kappa shape index (κ3) is 2.62. The third-order valence-corrected chi connectivity index (χ3v) is 2.71. The van der Waals surface area contributed by atoms with E-state index >= 15 is 0 Å². The number of nitrogen functional groups attached to an aromatic ring is 1. The number of halogens is 1. The van der Waals surface area contributed by atoms with Crippen LogP contribution in [-0.2, 0) is 6.54 Å². The van der Waals surface area contributed by atoms with Gasteiger partial charge in [-0.2, -0.15) is 0 Å². The van der Waals surface area contributed by atoms with E-state index in [1.165, 1.54) is 23.9 Å². The van der Waals surface area contributed by atoms with Gasteiger partial charge in [-0.05, 0) is 17.7 Å². The van der Waals surface area contributed by atoms with E-state index in [0.29, 0.717) is 16.6 Å². The van der Waals surface area contributed by atoms with Crippen molar-refractivity contribution in [3.8, 4) is 5.88 Å². The van der Waals surface area contributed by atoms with Gasteiger partial charge in [0.2, 0.25) is 5.88 Å². The molecule has 0 radical (unpaired) electrons. The predicted molar refractivity (Wildman–Crippen MR) is 70.0 cm³/mol. The van der Waals surface area contributed by atoms with Crippen LogP contribution >= 0.6 is 11.6 Å². The highest BCUT2D eigenvalue weighted by molar-refractivity contribution is 6.30. The van der Waals surface area contributed by atoms with Crippen LogP contribution in [0, 0.1) is 0 Å². The molecule has 0 fully saturated rings. The smallest absolute Gasteiger partial charge is 0.267 e. The molecule has 5 nitrogen and oxygen atoms in total. The van der Waals surface area contributed by atoms with Crippen LogP contribution in [-0.4, -0.2) is 16.9 Å². The first-order chi connectivity index (χ1) is 8.60. The number of hydrogen-bond donors (Lipinski definition) is 1. The topological polar surface area (TPSA) is 70.1 Å². The fourth-order valence-electron chi connectivity index (χ4n) is 1.52. The molecule has 0 aliphatic heterocycles. The maximum atomic E-state index is 11.6. The van der Waals surface area contributed by atoms with Gasteiger partial charge in [0.25, 0.3) is 5.56 Å². The highest BCUT2D eigenvalue weighted by Crippen LogP contribution is 2.18. The summed E-state index contributed by atoms with van der Waals surface area (Å²) in [6, 6.07) is 8.05. The number of methoxy groups -OCH3 is 1. The first kappa shape index (κ1) is 12.4. The molecule has 0 atom stereocenters. The molecule has 0 spiro atoms. The summed E-state index contributed by atoms with van der Waals surface area (Å²) in [6.07, 6.45) is 0. The van der Waals surface area contributed by atoms with E-state index in [1.54, 1.807) is 18.2 Å². The van der Waals surface area contributed by atoms with Crippen LogP contribution in [0.25, 0.3) is 0 Å². The van der Waals surface area contributed by atoms with Crippen LogP contribution < -0.4 is 16.0 Å². The van der Waals surface area contributed by atoms with Gasteiger partial charge >= 0.3 is 0 Å². The Balaban J connectivity index is 2.36. The lowest BCUT2D eigenvalue weighted by molar-refractivity contribution is 0.379. The molecule has 0 aliphatic carbocycles. The number of anilines is 1. The molecule has 0 aliphatic rings. The second kappa shape index (κ2) is 5.10. The minimum atomic E-state index is -0.217. The van der Waals surface area contributed by atoms with E-state index in [1.807, 2.05) is 0 Å². The fourth-order valence-corrected chi connectivity index (χ4v) is 1.70. The van der Waals surface area contributed by atoms with Gasteiger partial charge in [-0.25, -0.2) is 4.68 Å². The molecular weight excluding hydrogens is 254 g/mol. The molecular formula is C12H12ClN3O2. The van der Waals surface area contributed by atoms with Crippen molar-refractivity contribution in [2.45, 2.75) is 6.54 Å². The van der Waals surface area contributed by atoms with Crippen LogP contribution in [0.15, 0.2) is 35.1 Å². The molecule has 2 N–H and O–H groups in total. The zero-order valence-electron chi connectivity index (χ0n) is 9.76. The average Bonchev–Trinajstić information content (AvgIpc) is 2.35. The number of aromatic nitrogens is 2. The number of hydrogen-bond acceptors (Lipinski definition) is 4. The quantitative estimate of drug-likeness (QED) is 0.855. The minimum absolute atomic E-state index is 0.217. The summed E-state index contributed by atoms with van der Waals surface area (Å²) in [5.41, 5.74) is 6.92. The van der Waals surface area contributed by atoms with Crippen molar-refractivity contribution in [1.29, 1.82) is 0 Å². The molecule has 0 bridgehead atoms. The molecule has 2 rings (SSSR count). The summed E-state index contributed by atoms with van der Waals surface area (Å²) in [5, 5.41) is 4.60. The largest absolute Gasteiger partial charge is 0.480 e. The van der Waals surface area contributed by atoms with Crippen molar-refractivity contribution in [3.63, 3.8) is 0 Å². The Kier molecular flexibility index (Phi) is 3.53. The molecule has 2 aromatic rings. The highest BCUT2D eigenvalue weighted by atomic mass is 35.5. The number of rotatable bonds is 3. The average molecular weight is 266 g/mol. The Hall–Kier alpha value is -2.01. The molecule has 1 heterocycles. The van der Waals surface area contributed by atoms with Gasteiger partial charge in [0.15, 0.2) is 0 Å². The van der Waals surface area contributed by atoms with E-state index in [-0.39, 0.29) is 12.1 Å². The van der Waals surface area contributed by atoms with E-state index in [0.717, 1.165) is 5.56 Å². The van der Waals surface area contributed by atoms with Crippen molar-refractivity contribution in [1.82, 2.24) is 9.78 Å². The lowest BCUT2D eigenvalue weighted by atomic mass is 10.2. The Morgan fingerprint density at radius 3 is 2.83 bits per heavy atom. The second-order valence-corrected chi connectivity index (χ2v) is 4.15. The van der Waals surface area contributed by atoms with Crippen molar-refractivity contribution >= 4 is 17.3 Å². The van der Waals surface area contributed by atoms with E-state index in [9.17, 15) is 4.79 Å². The standard InChI is InChI=1S/C12H12ClN3O2/c1-18-11-4-5-12(17)16(15-11)7-8-2-3-9(13)6-10(8)14/h2-6H,7,14H2,1H3. The molecule has 0 amide bonds. The number of ether oxygens (including phenoxy) is 1. The van der Waals surface area contributed by atoms with Gasteiger partial charge in [0.05, 0.1) is 13.7 Å². The van der Waals surface area contributed by atoms with Crippen LogP contribution in [0.4, 0.5) is 5.69 Å². The van der Waals surface area contributed by atoms with Crippen LogP contribution in [0.1, 0.15) is 5.56 Å². The van der Waals surface area contributed by atoms with Crippen molar-refractivity contribution in [2.75, 3.05) is 12.8 Å². The Morgan fingerprint density at radius 2 is 2.17 bits per heavy atom. The molecule has 18 heavy (non-hydrogen) atoms. The first-order valence-electron chi connectivity index (χ1n) is 5.26. The minimum Gasteiger partial charge on any atom is -0.480 e. The van der Waals surface area contributed by atoms with Crippen LogP contribution in [0.5, 0.6) is 5.88 Å². The van der Waals surface area contributed by atoms with Gasteiger partial charge in [-0.1, -0.05) is 17.7 Å². The second-order valence-electron chi connectivity index (χ2n) is 3.71. The Bertz CT molecular complexity index is 625. The zero-order chi connectivity index (χ0) is 13.1. The zero-order valence-corrected chi connectivity index (χ0v) is 10.5. The summed E-state index contributed by atoms with van der Waals surface area (Å²) in [5.74, 6) is 0.377. The van der Waals surface area contributed by atoms with E-state index in [2.05, 4.69) is 5.10 Å². The fraction of sp³-hybridized carbons (Fsp3) is 0.167. The van der Waals surface area contributed by atoms with E-state index in [4.69, 9.17) is 22.1 Å². The molecule has 0 saturated heterocycles. The van der Waals surface area contributed by atoms with Gasteiger partial charge in [0, 0.05) is 22.8 Å². The molecule has 1 aromatic carbocycles. The molecule has 0 saturated carbocycles. The monoisotopic (exact) mass is 265 g/mol. The van der Waals surface area contributed by atoms with Crippen LogP contribution in [0.3, 0.4) is 0 Å². The van der Waals surface area contributed by atoms with Crippen molar-refractivity contribution in [3.05, 3.63) is 51.3 Å².